The monoisotopic (exact) mass is 186 g/mol. The third-order valence-corrected chi connectivity index (χ3v) is 2.31. The first-order valence-electron chi connectivity index (χ1n) is 4.69. The normalized spacial score (nSPS) is 28.0. The van der Waals surface area contributed by atoms with Crippen molar-refractivity contribution in [3.63, 3.8) is 0 Å². The summed E-state index contributed by atoms with van der Waals surface area (Å²) >= 11 is 0. The minimum absolute atomic E-state index is 0.0399. The Labute approximate surface area is 79.0 Å². The second kappa shape index (κ2) is 4.58. The van der Waals surface area contributed by atoms with E-state index in [-0.39, 0.29) is 24.0 Å². The largest absolute Gasteiger partial charge is 0.378 e. The maximum atomic E-state index is 11.4. The Morgan fingerprint density at radius 3 is 2.77 bits per heavy atom. The Morgan fingerprint density at radius 1 is 1.54 bits per heavy atom. The van der Waals surface area contributed by atoms with Crippen molar-refractivity contribution in [1.29, 1.82) is 0 Å². The smallest absolute Gasteiger partial charge is 0.222 e. The van der Waals surface area contributed by atoms with E-state index in [0.717, 1.165) is 13.1 Å². The van der Waals surface area contributed by atoms with Gasteiger partial charge in [-0.25, -0.2) is 0 Å². The molecule has 4 heteroatoms. The Hall–Kier alpha value is -0.610. The lowest BCUT2D eigenvalue weighted by Gasteiger charge is -2.19. The van der Waals surface area contributed by atoms with Gasteiger partial charge in [-0.2, -0.15) is 0 Å². The molecule has 76 valence electrons. The minimum Gasteiger partial charge on any atom is -0.378 e. The molecule has 1 amide bonds. The van der Waals surface area contributed by atoms with Crippen molar-refractivity contribution in [3.8, 4) is 0 Å². The third kappa shape index (κ3) is 2.67. The summed E-state index contributed by atoms with van der Waals surface area (Å²) < 4.78 is 5.23. The maximum absolute atomic E-state index is 11.4. The second-order valence-corrected chi connectivity index (χ2v) is 3.70. The number of carbonyl (C=O) groups excluding carboxylic acids is 1. The van der Waals surface area contributed by atoms with Crippen LogP contribution in [0.15, 0.2) is 0 Å². The standard InChI is InChI=1S/C9H18N2O2/c1-6(2)9(12)11-7-4-10-5-8(7)13-3/h6-8,10H,4-5H2,1-3H3,(H,11,12). The molecular formula is C9H18N2O2. The van der Waals surface area contributed by atoms with Crippen LogP contribution in [-0.4, -0.2) is 38.3 Å². The van der Waals surface area contributed by atoms with Crippen LogP contribution in [0.25, 0.3) is 0 Å². The summed E-state index contributed by atoms with van der Waals surface area (Å²) in [7, 11) is 1.67. The zero-order valence-electron chi connectivity index (χ0n) is 8.46. The first kappa shape index (κ1) is 10.5. The van der Waals surface area contributed by atoms with Gasteiger partial charge in [0.25, 0.3) is 0 Å². The van der Waals surface area contributed by atoms with Crippen molar-refractivity contribution in [2.24, 2.45) is 5.92 Å². The molecule has 0 bridgehead atoms. The number of ether oxygens (including phenoxy) is 1. The molecule has 1 rings (SSSR count). The molecule has 2 unspecified atom stereocenters. The molecule has 1 fully saturated rings. The topological polar surface area (TPSA) is 50.4 Å². The summed E-state index contributed by atoms with van der Waals surface area (Å²) in [5.41, 5.74) is 0. The van der Waals surface area contributed by atoms with Gasteiger partial charge in [-0.15, -0.1) is 0 Å². The lowest BCUT2D eigenvalue weighted by atomic mass is 10.1. The van der Waals surface area contributed by atoms with E-state index in [2.05, 4.69) is 10.6 Å². The van der Waals surface area contributed by atoms with E-state index < -0.39 is 0 Å². The van der Waals surface area contributed by atoms with Crippen LogP contribution in [-0.2, 0) is 9.53 Å². The molecule has 0 saturated carbocycles. The summed E-state index contributed by atoms with van der Waals surface area (Å²) in [5, 5.41) is 6.13. The lowest BCUT2D eigenvalue weighted by molar-refractivity contribution is -0.125. The number of hydrogen-bond donors (Lipinski definition) is 2. The molecule has 0 aromatic rings. The number of carbonyl (C=O) groups is 1. The van der Waals surface area contributed by atoms with Crippen molar-refractivity contribution in [1.82, 2.24) is 10.6 Å². The van der Waals surface area contributed by atoms with E-state index >= 15 is 0 Å². The number of rotatable bonds is 3. The first-order chi connectivity index (χ1) is 6.15. The maximum Gasteiger partial charge on any atom is 0.222 e. The average Bonchev–Trinajstić information content (AvgIpc) is 2.51. The third-order valence-electron chi connectivity index (χ3n) is 2.31. The lowest BCUT2D eigenvalue weighted by Crippen LogP contribution is -2.45. The Balaban J connectivity index is 2.39. The predicted octanol–water partition coefficient (Wildman–Crippen LogP) is -0.255. The van der Waals surface area contributed by atoms with E-state index in [9.17, 15) is 4.79 Å². The van der Waals surface area contributed by atoms with E-state index in [1.807, 2.05) is 13.8 Å². The molecule has 0 aromatic heterocycles. The van der Waals surface area contributed by atoms with Gasteiger partial charge >= 0.3 is 0 Å². The molecule has 1 heterocycles. The fraction of sp³-hybridized carbons (Fsp3) is 0.889. The first-order valence-corrected chi connectivity index (χ1v) is 4.69. The van der Waals surface area contributed by atoms with Crippen LogP contribution >= 0.6 is 0 Å². The van der Waals surface area contributed by atoms with Gasteiger partial charge in [0.1, 0.15) is 0 Å². The molecule has 1 aliphatic rings. The van der Waals surface area contributed by atoms with Gasteiger partial charge in [0.15, 0.2) is 0 Å². The molecule has 0 spiro atoms. The molecule has 1 saturated heterocycles. The number of amides is 1. The van der Waals surface area contributed by atoms with Gasteiger partial charge in [-0.1, -0.05) is 13.8 Å². The van der Waals surface area contributed by atoms with Crippen LogP contribution in [0.2, 0.25) is 0 Å². The summed E-state index contributed by atoms with van der Waals surface area (Å²) in [5.74, 6) is 0.133. The van der Waals surface area contributed by atoms with Crippen molar-refractivity contribution in [2.45, 2.75) is 26.0 Å². The molecule has 1 aliphatic heterocycles. The number of nitrogens with one attached hydrogen (secondary N) is 2. The number of hydrogen-bond acceptors (Lipinski definition) is 3. The highest BCUT2D eigenvalue weighted by Gasteiger charge is 2.28. The summed E-state index contributed by atoms with van der Waals surface area (Å²) in [6, 6.07) is 0.125. The molecule has 2 atom stereocenters. The highest BCUT2D eigenvalue weighted by molar-refractivity contribution is 5.78. The zero-order chi connectivity index (χ0) is 9.84. The van der Waals surface area contributed by atoms with E-state index in [4.69, 9.17) is 4.74 Å². The van der Waals surface area contributed by atoms with Crippen LogP contribution in [0.4, 0.5) is 0 Å². The second-order valence-electron chi connectivity index (χ2n) is 3.70. The van der Waals surface area contributed by atoms with Crippen LogP contribution in [0.1, 0.15) is 13.8 Å². The molecule has 4 nitrogen and oxygen atoms in total. The molecule has 0 radical (unpaired) electrons. The number of methoxy groups -OCH3 is 1. The van der Waals surface area contributed by atoms with Crippen molar-refractivity contribution in [2.75, 3.05) is 20.2 Å². The molecule has 0 aliphatic carbocycles. The molecule has 13 heavy (non-hydrogen) atoms. The van der Waals surface area contributed by atoms with Gasteiger partial charge in [0.2, 0.25) is 5.91 Å². The van der Waals surface area contributed by atoms with E-state index in [1.54, 1.807) is 7.11 Å². The zero-order valence-corrected chi connectivity index (χ0v) is 8.46. The summed E-state index contributed by atoms with van der Waals surface area (Å²) in [6.45, 7) is 5.40. The molecule has 2 N–H and O–H groups in total. The SMILES string of the molecule is COC1CNCC1NC(=O)C(C)C. The predicted molar refractivity (Wildman–Crippen MR) is 50.4 cm³/mol. The van der Waals surface area contributed by atoms with Crippen molar-refractivity contribution in [3.05, 3.63) is 0 Å². The summed E-state index contributed by atoms with van der Waals surface area (Å²) in [6.07, 6.45) is 0.114. The summed E-state index contributed by atoms with van der Waals surface area (Å²) in [4.78, 5) is 11.4. The minimum atomic E-state index is 0.0399. The van der Waals surface area contributed by atoms with Gasteiger partial charge < -0.3 is 15.4 Å². The van der Waals surface area contributed by atoms with Crippen LogP contribution in [0, 0.1) is 5.92 Å². The Bertz CT molecular complexity index is 182. The van der Waals surface area contributed by atoms with Crippen molar-refractivity contribution < 1.29 is 9.53 Å². The molecule has 0 aromatic carbocycles. The van der Waals surface area contributed by atoms with Crippen LogP contribution in [0.5, 0.6) is 0 Å². The van der Waals surface area contributed by atoms with Gasteiger partial charge in [0, 0.05) is 26.1 Å². The van der Waals surface area contributed by atoms with Crippen LogP contribution < -0.4 is 10.6 Å². The van der Waals surface area contributed by atoms with Gasteiger partial charge in [0.05, 0.1) is 12.1 Å². The Kier molecular flexibility index (Phi) is 3.69. The molecular weight excluding hydrogens is 168 g/mol. The van der Waals surface area contributed by atoms with Gasteiger partial charge in [-0.3, -0.25) is 4.79 Å². The van der Waals surface area contributed by atoms with E-state index in [0.29, 0.717) is 0 Å². The highest BCUT2D eigenvalue weighted by atomic mass is 16.5. The Morgan fingerprint density at radius 2 is 2.23 bits per heavy atom. The average molecular weight is 186 g/mol. The fourth-order valence-corrected chi connectivity index (χ4v) is 1.40. The quantitative estimate of drug-likeness (QED) is 0.639. The fourth-order valence-electron chi connectivity index (χ4n) is 1.40. The van der Waals surface area contributed by atoms with Crippen molar-refractivity contribution >= 4 is 5.91 Å². The van der Waals surface area contributed by atoms with Gasteiger partial charge in [-0.05, 0) is 0 Å². The van der Waals surface area contributed by atoms with E-state index in [1.165, 1.54) is 0 Å². The highest BCUT2D eigenvalue weighted by Crippen LogP contribution is 2.04. The van der Waals surface area contributed by atoms with Crippen LogP contribution in [0.3, 0.4) is 0 Å².